The van der Waals surface area contributed by atoms with Crippen LogP contribution in [0.15, 0.2) is 6.07 Å². The van der Waals surface area contributed by atoms with Crippen molar-refractivity contribution in [2.75, 3.05) is 0 Å². The summed E-state index contributed by atoms with van der Waals surface area (Å²) in [6.07, 6.45) is -5.02. The molecule has 0 bridgehead atoms. The molecule has 0 unspecified atom stereocenters. The molecule has 0 aliphatic rings. The van der Waals surface area contributed by atoms with E-state index in [0.29, 0.717) is 0 Å². The first kappa shape index (κ1) is 16.6. The summed E-state index contributed by atoms with van der Waals surface area (Å²) in [5.74, 6) is -3.37. The first-order valence-corrected chi connectivity index (χ1v) is 6.16. The fraction of sp³-hybridized carbons (Fsp3) is 0.571. The third-order valence-corrected chi connectivity index (χ3v) is 2.87. The summed E-state index contributed by atoms with van der Waals surface area (Å²) in [5.41, 5.74) is -0.450. The Morgan fingerprint density at radius 2 is 1.65 bits per heavy atom. The zero-order valence-corrected chi connectivity index (χ0v) is 12.0. The number of hydrogen-bond donors (Lipinski definition) is 1. The molecule has 0 aliphatic carbocycles. The van der Waals surface area contributed by atoms with Crippen LogP contribution in [0, 0.1) is 5.82 Å². The SMILES string of the molecule is CC(C)c1cc(C(C)(C)C)c(OC(F)(F)F)c(F)c1O. The average Bonchev–Trinajstić information content (AvgIpc) is 2.20. The van der Waals surface area contributed by atoms with Crippen LogP contribution in [0.25, 0.3) is 0 Å². The van der Waals surface area contributed by atoms with Gasteiger partial charge in [0.15, 0.2) is 11.5 Å². The molecule has 0 aromatic heterocycles. The lowest BCUT2D eigenvalue weighted by atomic mass is 9.83. The minimum absolute atomic E-state index is 0.0637. The predicted molar refractivity (Wildman–Crippen MR) is 67.5 cm³/mol. The molecule has 0 atom stereocenters. The Hall–Kier alpha value is -1.46. The minimum atomic E-state index is -5.02. The Balaban J connectivity index is 3.60. The van der Waals surface area contributed by atoms with Crippen LogP contribution in [0.5, 0.6) is 11.5 Å². The van der Waals surface area contributed by atoms with E-state index in [1.807, 2.05) is 0 Å². The van der Waals surface area contributed by atoms with Gasteiger partial charge in [-0.25, -0.2) is 0 Å². The number of halogens is 4. The van der Waals surface area contributed by atoms with Crippen molar-refractivity contribution in [3.63, 3.8) is 0 Å². The summed E-state index contributed by atoms with van der Waals surface area (Å²) in [7, 11) is 0. The Bertz CT molecular complexity index is 499. The smallest absolute Gasteiger partial charge is 0.505 e. The van der Waals surface area contributed by atoms with Crippen molar-refractivity contribution in [2.45, 2.75) is 52.3 Å². The standard InChI is InChI=1S/C14H18F4O2/c1-7(2)8-6-9(13(3,4)5)12(10(15)11(8)19)20-14(16,17)18/h6-7,19H,1-5H3. The van der Waals surface area contributed by atoms with Gasteiger partial charge < -0.3 is 9.84 Å². The highest BCUT2D eigenvalue weighted by Gasteiger charge is 2.37. The second-order valence-electron chi connectivity index (χ2n) is 5.96. The molecule has 0 fully saturated rings. The van der Waals surface area contributed by atoms with Crippen molar-refractivity contribution in [3.05, 3.63) is 23.0 Å². The predicted octanol–water partition coefficient (Wildman–Crippen LogP) is 4.85. The van der Waals surface area contributed by atoms with E-state index in [4.69, 9.17) is 0 Å². The van der Waals surface area contributed by atoms with Crippen LogP contribution in [-0.2, 0) is 5.41 Å². The van der Waals surface area contributed by atoms with Crippen molar-refractivity contribution >= 4 is 0 Å². The number of hydrogen-bond acceptors (Lipinski definition) is 2. The van der Waals surface area contributed by atoms with E-state index in [-0.39, 0.29) is 17.0 Å². The second kappa shape index (κ2) is 5.14. The van der Waals surface area contributed by atoms with Gasteiger partial charge in [-0.15, -0.1) is 13.2 Å². The van der Waals surface area contributed by atoms with Crippen molar-refractivity contribution in [3.8, 4) is 11.5 Å². The topological polar surface area (TPSA) is 29.5 Å². The van der Waals surface area contributed by atoms with Crippen molar-refractivity contribution in [1.82, 2.24) is 0 Å². The van der Waals surface area contributed by atoms with E-state index >= 15 is 0 Å². The van der Waals surface area contributed by atoms with Gasteiger partial charge in [0.1, 0.15) is 0 Å². The maximum Gasteiger partial charge on any atom is 0.573 e. The number of aromatic hydroxyl groups is 1. The summed E-state index contributed by atoms with van der Waals surface area (Å²) < 4.78 is 55.1. The molecule has 1 aromatic carbocycles. The average molecular weight is 294 g/mol. The lowest BCUT2D eigenvalue weighted by Crippen LogP contribution is -2.23. The van der Waals surface area contributed by atoms with E-state index in [1.165, 1.54) is 6.07 Å². The number of ether oxygens (including phenoxy) is 1. The Kier molecular flexibility index (Phi) is 4.27. The summed E-state index contributed by atoms with van der Waals surface area (Å²) in [6, 6.07) is 1.37. The number of phenolic OH excluding ortho intramolecular Hbond substituents is 1. The molecule has 1 aromatic rings. The molecule has 0 saturated heterocycles. The van der Waals surface area contributed by atoms with Crippen LogP contribution in [0.2, 0.25) is 0 Å². The lowest BCUT2D eigenvalue weighted by Gasteiger charge is -2.26. The van der Waals surface area contributed by atoms with Crippen molar-refractivity contribution < 1.29 is 27.4 Å². The highest BCUT2D eigenvalue weighted by Crippen LogP contribution is 2.43. The minimum Gasteiger partial charge on any atom is -0.505 e. The van der Waals surface area contributed by atoms with Gasteiger partial charge in [-0.2, -0.15) is 4.39 Å². The maximum absolute atomic E-state index is 14.1. The molecular formula is C14H18F4O2. The number of benzene rings is 1. The summed E-state index contributed by atoms with van der Waals surface area (Å²) in [5, 5.41) is 9.71. The van der Waals surface area contributed by atoms with E-state index in [0.717, 1.165) is 0 Å². The molecule has 0 heterocycles. The van der Waals surface area contributed by atoms with E-state index < -0.39 is 29.1 Å². The Morgan fingerprint density at radius 3 is 2.00 bits per heavy atom. The van der Waals surface area contributed by atoms with Crippen molar-refractivity contribution in [1.29, 1.82) is 0 Å². The number of phenols is 1. The first-order valence-electron chi connectivity index (χ1n) is 6.16. The summed E-state index contributed by atoms with van der Waals surface area (Å²) in [6.45, 7) is 8.36. The van der Waals surface area contributed by atoms with Gasteiger partial charge in [-0.3, -0.25) is 0 Å². The van der Waals surface area contributed by atoms with Crippen molar-refractivity contribution in [2.24, 2.45) is 0 Å². The van der Waals surface area contributed by atoms with Crippen LogP contribution in [0.4, 0.5) is 17.6 Å². The van der Waals surface area contributed by atoms with E-state index in [2.05, 4.69) is 4.74 Å². The normalized spacial score (nSPS) is 12.9. The number of rotatable bonds is 2. The highest BCUT2D eigenvalue weighted by molar-refractivity contribution is 5.51. The van der Waals surface area contributed by atoms with Crippen LogP contribution in [-0.4, -0.2) is 11.5 Å². The van der Waals surface area contributed by atoms with Crippen LogP contribution < -0.4 is 4.74 Å². The molecule has 0 spiro atoms. The maximum atomic E-state index is 14.1. The molecule has 6 heteroatoms. The summed E-state index contributed by atoms with van der Waals surface area (Å²) in [4.78, 5) is 0. The molecular weight excluding hydrogens is 276 g/mol. The summed E-state index contributed by atoms with van der Waals surface area (Å²) >= 11 is 0. The third kappa shape index (κ3) is 3.55. The molecule has 20 heavy (non-hydrogen) atoms. The fourth-order valence-electron chi connectivity index (χ4n) is 1.85. The Morgan fingerprint density at radius 1 is 1.15 bits per heavy atom. The molecule has 0 saturated carbocycles. The molecule has 0 radical (unpaired) electrons. The molecule has 0 aliphatic heterocycles. The first-order chi connectivity index (χ1) is 8.84. The Labute approximate surface area is 115 Å². The van der Waals surface area contributed by atoms with Gasteiger partial charge in [0.25, 0.3) is 0 Å². The molecule has 1 N–H and O–H groups in total. The zero-order chi connectivity index (χ0) is 15.9. The van der Waals surface area contributed by atoms with Crippen LogP contribution in [0.3, 0.4) is 0 Å². The van der Waals surface area contributed by atoms with Gasteiger partial charge in [-0.1, -0.05) is 34.6 Å². The van der Waals surface area contributed by atoms with E-state index in [1.54, 1.807) is 34.6 Å². The fourth-order valence-corrected chi connectivity index (χ4v) is 1.85. The van der Waals surface area contributed by atoms with Gasteiger partial charge >= 0.3 is 6.36 Å². The number of alkyl halides is 3. The van der Waals surface area contributed by atoms with Crippen LogP contribution in [0.1, 0.15) is 51.7 Å². The molecule has 114 valence electrons. The molecule has 2 nitrogen and oxygen atoms in total. The second-order valence-corrected chi connectivity index (χ2v) is 5.96. The quantitative estimate of drug-likeness (QED) is 0.790. The van der Waals surface area contributed by atoms with Gasteiger partial charge in [0.2, 0.25) is 5.82 Å². The highest BCUT2D eigenvalue weighted by atomic mass is 19.4. The third-order valence-electron chi connectivity index (χ3n) is 2.87. The lowest BCUT2D eigenvalue weighted by molar-refractivity contribution is -0.276. The van der Waals surface area contributed by atoms with Gasteiger partial charge in [-0.05, 0) is 17.4 Å². The molecule has 1 rings (SSSR count). The zero-order valence-electron chi connectivity index (χ0n) is 12.0. The van der Waals surface area contributed by atoms with Crippen LogP contribution >= 0.6 is 0 Å². The monoisotopic (exact) mass is 294 g/mol. The largest absolute Gasteiger partial charge is 0.573 e. The molecule has 0 amide bonds. The van der Waals surface area contributed by atoms with E-state index in [9.17, 15) is 22.7 Å². The van der Waals surface area contributed by atoms with Gasteiger partial charge in [0, 0.05) is 11.1 Å². The van der Waals surface area contributed by atoms with Gasteiger partial charge in [0.05, 0.1) is 0 Å².